The fraction of sp³-hybridized carbons (Fsp3) is 0.750. The third kappa shape index (κ3) is 5.39. The molecule has 7 nitrogen and oxygen atoms in total. The van der Waals surface area contributed by atoms with E-state index in [4.69, 9.17) is 9.47 Å². The monoisotopic (exact) mass is 376 g/mol. The smallest absolute Gasteiger partial charge is 0.248 e. The molecule has 2 aliphatic rings. The summed E-state index contributed by atoms with van der Waals surface area (Å²) in [5.41, 5.74) is 0.924. The Labute approximate surface area is 162 Å². The normalized spacial score (nSPS) is 20.9. The minimum atomic E-state index is 0.110. The lowest BCUT2D eigenvalue weighted by atomic mass is 10.0. The first-order valence-corrected chi connectivity index (χ1v) is 10.0. The number of carbonyl (C=O) groups is 1. The number of carbonyl (C=O) groups excluding carboxylic acids is 1. The topological polar surface area (TPSA) is 67.8 Å². The molecule has 1 aromatic heterocycles. The van der Waals surface area contributed by atoms with Crippen molar-refractivity contribution in [2.75, 3.05) is 38.8 Å². The van der Waals surface area contributed by atoms with Crippen LogP contribution in [-0.2, 0) is 20.9 Å². The molecule has 3 rings (SSSR count). The molecule has 0 spiro atoms. The Morgan fingerprint density at radius 2 is 2.04 bits per heavy atom. The molecule has 0 radical (unpaired) electrons. The maximum absolute atomic E-state index is 12.6. The molecule has 1 saturated carbocycles. The average molecular weight is 377 g/mol. The molecular weight excluding hydrogens is 344 g/mol. The van der Waals surface area contributed by atoms with Crippen LogP contribution in [-0.4, -0.2) is 66.8 Å². The summed E-state index contributed by atoms with van der Waals surface area (Å²) in [4.78, 5) is 25.7. The van der Waals surface area contributed by atoms with Gasteiger partial charge in [-0.1, -0.05) is 12.8 Å². The molecule has 7 heteroatoms. The van der Waals surface area contributed by atoms with Gasteiger partial charge in [-0.25, -0.2) is 9.97 Å². The molecule has 0 N–H and O–H groups in total. The maximum atomic E-state index is 12.6. The fourth-order valence-electron chi connectivity index (χ4n) is 4.01. The van der Waals surface area contributed by atoms with Gasteiger partial charge in [0.25, 0.3) is 0 Å². The van der Waals surface area contributed by atoms with E-state index in [1.54, 1.807) is 7.11 Å². The molecule has 2 heterocycles. The predicted octanol–water partition coefficient (Wildman–Crippen LogP) is 2.32. The highest BCUT2D eigenvalue weighted by Gasteiger charge is 2.28. The summed E-state index contributed by atoms with van der Waals surface area (Å²) in [6.45, 7) is 4.11. The molecule has 150 valence electrons. The molecule has 1 aliphatic heterocycles. The van der Waals surface area contributed by atoms with E-state index in [9.17, 15) is 4.79 Å². The number of piperidine rings is 1. The summed E-state index contributed by atoms with van der Waals surface area (Å²) in [5, 5.41) is 0. The highest BCUT2D eigenvalue weighted by Crippen LogP contribution is 2.23. The first-order valence-electron chi connectivity index (χ1n) is 10.0. The number of likely N-dealkylation sites (tertiary alicyclic amines) is 1. The number of hydrogen-bond acceptors (Lipinski definition) is 6. The van der Waals surface area contributed by atoms with Crippen LogP contribution in [0.3, 0.4) is 0 Å². The van der Waals surface area contributed by atoms with Crippen LogP contribution >= 0.6 is 0 Å². The Bertz CT molecular complexity index is 634. The molecule has 1 unspecified atom stereocenters. The van der Waals surface area contributed by atoms with Gasteiger partial charge in [0.15, 0.2) is 5.82 Å². The standard InChI is InChI=1S/C20H32N4O3/c1-15-11-19(22-18(21-15)13-26-3)23(2)16-7-6-10-24(12-16)20(25)14-27-17-8-4-5-9-17/h11,16-17H,4-10,12-14H2,1-3H3. The van der Waals surface area contributed by atoms with Crippen molar-refractivity contribution in [1.29, 1.82) is 0 Å². The molecule has 1 amide bonds. The summed E-state index contributed by atoms with van der Waals surface area (Å²) in [7, 11) is 3.69. The van der Waals surface area contributed by atoms with Gasteiger partial charge in [-0.3, -0.25) is 4.79 Å². The molecule has 1 atom stereocenters. The number of likely N-dealkylation sites (N-methyl/N-ethyl adjacent to an activating group) is 1. The summed E-state index contributed by atoms with van der Waals surface area (Å²) < 4.78 is 11.0. The van der Waals surface area contributed by atoms with Crippen molar-refractivity contribution >= 4 is 11.7 Å². The van der Waals surface area contributed by atoms with Crippen molar-refractivity contribution in [2.45, 2.75) is 64.2 Å². The Morgan fingerprint density at radius 3 is 2.78 bits per heavy atom. The van der Waals surface area contributed by atoms with Gasteiger partial charge in [0.1, 0.15) is 19.0 Å². The maximum Gasteiger partial charge on any atom is 0.248 e. The SMILES string of the molecule is COCc1nc(C)cc(N(C)C2CCCN(C(=O)COC3CCCC3)C2)n1. The van der Waals surface area contributed by atoms with E-state index in [0.717, 1.165) is 43.7 Å². The predicted molar refractivity (Wildman–Crippen MR) is 104 cm³/mol. The molecule has 1 aromatic rings. The van der Waals surface area contributed by atoms with E-state index in [2.05, 4.69) is 14.9 Å². The van der Waals surface area contributed by atoms with Crippen molar-refractivity contribution in [2.24, 2.45) is 0 Å². The van der Waals surface area contributed by atoms with Crippen molar-refractivity contribution in [1.82, 2.24) is 14.9 Å². The molecule has 1 saturated heterocycles. The van der Waals surface area contributed by atoms with Gasteiger partial charge in [-0.2, -0.15) is 0 Å². The van der Waals surface area contributed by atoms with Crippen LogP contribution in [0.1, 0.15) is 50.0 Å². The zero-order valence-corrected chi connectivity index (χ0v) is 16.8. The number of methoxy groups -OCH3 is 1. The Hall–Kier alpha value is -1.73. The third-order valence-electron chi connectivity index (χ3n) is 5.56. The molecule has 2 fully saturated rings. The minimum absolute atomic E-state index is 0.110. The molecular formula is C20H32N4O3. The van der Waals surface area contributed by atoms with Gasteiger partial charge in [-0.15, -0.1) is 0 Å². The van der Waals surface area contributed by atoms with Crippen LogP contribution in [0, 0.1) is 6.92 Å². The van der Waals surface area contributed by atoms with Crippen LogP contribution in [0.15, 0.2) is 6.07 Å². The number of hydrogen-bond donors (Lipinski definition) is 0. The second-order valence-electron chi connectivity index (χ2n) is 7.68. The number of nitrogens with zero attached hydrogens (tertiary/aromatic N) is 4. The van der Waals surface area contributed by atoms with Crippen molar-refractivity contribution in [3.05, 3.63) is 17.6 Å². The first kappa shape index (κ1) is 20.0. The second-order valence-corrected chi connectivity index (χ2v) is 7.68. The van der Waals surface area contributed by atoms with E-state index >= 15 is 0 Å². The molecule has 27 heavy (non-hydrogen) atoms. The lowest BCUT2D eigenvalue weighted by molar-refractivity contribution is -0.139. The van der Waals surface area contributed by atoms with Crippen molar-refractivity contribution in [3.63, 3.8) is 0 Å². The number of rotatable bonds is 7. The zero-order valence-electron chi connectivity index (χ0n) is 16.8. The average Bonchev–Trinajstić information content (AvgIpc) is 3.19. The van der Waals surface area contributed by atoms with Gasteiger partial charge in [0, 0.05) is 45.0 Å². The summed E-state index contributed by atoms with van der Waals surface area (Å²) in [5.74, 6) is 1.68. The highest BCUT2D eigenvalue weighted by molar-refractivity contribution is 5.77. The van der Waals surface area contributed by atoms with Crippen molar-refractivity contribution in [3.8, 4) is 0 Å². The molecule has 0 aromatic carbocycles. The van der Waals surface area contributed by atoms with Crippen LogP contribution < -0.4 is 4.90 Å². The second kappa shape index (κ2) is 9.46. The quantitative estimate of drug-likeness (QED) is 0.727. The summed E-state index contributed by atoms with van der Waals surface area (Å²) >= 11 is 0. The summed E-state index contributed by atoms with van der Waals surface area (Å²) in [6.07, 6.45) is 6.95. The van der Waals surface area contributed by atoms with E-state index in [1.165, 1.54) is 12.8 Å². The number of ether oxygens (including phenoxy) is 2. The molecule has 1 aliphatic carbocycles. The van der Waals surface area contributed by atoms with E-state index in [-0.39, 0.29) is 24.7 Å². The van der Waals surface area contributed by atoms with Gasteiger partial charge < -0.3 is 19.3 Å². The van der Waals surface area contributed by atoms with Crippen LogP contribution in [0.5, 0.6) is 0 Å². The van der Waals surface area contributed by atoms with Crippen LogP contribution in [0.4, 0.5) is 5.82 Å². The van der Waals surface area contributed by atoms with Gasteiger partial charge >= 0.3 is 0 Å². The van der Waals surface area contributed by atoms with E-state index in [1.807, 2.05) is 24.9 Å². The van der Waals surface area contributed by atoms with Gasteiger partial charge in [0.2, 0.25) is 5.91 Å². The van der Waals surface area contributed by atoms with Gasteiger partial charge in [0.05, 0.1) is 6.10 Å². The Kier molecular flexibility index (Phi) is 7.01. The number of anilines is 1. The lowest BCUT2D eigenvalue weighted by Gasteiger charge is -2.38. The van der Waals surface area contributed by atoms with E-state index < -0.39 is 0 Å². The third-order valence-corrected chi connectivity index (χ3v) is 5.56. The van der Waals surface area contributed by atoms with Crippen LogP contribution in [0.25, 0.3) is 0 Å². The zero-order chi connectivity index (χ0) is 19.2. The Balaban J connectivity index is 1.58. The van der Waals surface area contributed by atoms with Gasteiger partial charge in [-0.05, 0) is 32.6 Å². The fourth-order valence-corrected chi connectivity index (χ4v) is 4.01. The minimum Gasteiger partial charge on any atom is -0.377 e. The lowest BCUT2D eigenvalue weighted by Crippen LogP contribution is -2.50. The Morgan fingerprint density at radius 1 is 1.26 bits per heavy atom. The largest absolute Gasteiger partial charge is 0.377 e. The number of aromatic nitrogens is 2. The number of aryl methyl sites for hydroxylation is 1. The van der Waals surface area contributed by atoms with Crippen LogP contribution in [0.2, 0.25) is 0 Å². The summed E-state index contributed by atoms with van der Waals surface area (Å²) in [6, 6.07) is 2.24. The molecule has 0 bridgehead atoms. The van der Waals surface area contributed by atoms with Crippen molar-refractivity contribution < 1.29 is 14.3 Å². The first-order chi connectivity index (χ1) is 13.1. The van der Waals surface area contributed by atoms with E-state index in [0.29, 0.717) is 19.0 Å². The number of amides is 1. The highest BCUT2D eigenvalue weighted by atomic mass is 16.5.